The first-order valence-electron chi connectivity index (χ1n) is 3.08. The second kappa shape index (κ2) is 2.90. The van der Waals surface area contributed by atoms with E-state index in [1.165, 1.54) is 11.4 Å². The zero-order chi connectivity index (χ0) is 9.35. The fraction of sp³-hybridized carbons (Fsp3) is 0.286. The molecule has 0 aliphatic rings. The molecule has 0 fully saturated rings. The van der Waals surface area contributed by atoms with Crippen molar-refractivity contribution in [2.24, 2.45) is 0 Å². The van der Waals surface area contributed by atoms with Crippen molar-refractivity contribution < 1.29 is 18.0 Å². The molecule has 0 spiro atoms. The lowest BCUT2D eigenvalue weighted by atomic mass is 10.2. The molecule has 0 atom stereocenters. The van der Waals surface area contributed by atoms with Crippen LogP contribution in [0.3, 0.4) is 0 Å². The van der Waals surface area contributed by atoms with Gasteiger partial charge in [0.05, 0.1) is 0 Å². The van der Waals surface area contributed by atoms with Crippen molar-refractivity contribution in [2.75, 3.05) is 0 Å². The molecule has 1 aromatic heterocycles. The van der Waals surface area contributed by atoms with Crippen LogP contribution in [-0.2, 0) is 0 Å². The number of halogens is 3. The van der Waals surface area contributed by atoms with E-state index in [4.69, 9.17) is 0 Å². The smallest absolute Gasteiger partial charge is 0.284 e. The van der Waals surface area contributed by atoms with Crippen LogP contribution in [0.5, 0.6) is 0 Å². The molecule has 0 bridgehead atoms. The molecule has 0 aliphatic heterocycles. The Labute approximate surface area is 70.8 Å². The maximum atomic E-state index is 11.8. The Hall–Kier alpha value is -0.840. The molecule has 5 heteroatoms. The lowest BCUT2D eigenvalue weighted by molar-refractivity contribution is -0.0884. The fourth-order valence-electron chi connectivity index (χ4n) is 0.726. The zero-order valence-corrected chi connectivity index (χ0v) is 6.92. The van der Waals surface area contributed by atoms with Gasteiger partial charge < -0.3 is 0 Å². The Kier molecular flexibility index (Phi) is 2.23. The molecular formula is C7H5F3OS. The van der Waals surface area contributed by atoms with Crippen LogP contribution in [0, 0.1) is 6.92 Å². The van der Waals surface area contributed by atoms with Crippen molar-refractivity contribution in [3.8, 4) is 0 Å². The summed E-state index contributed by atoms with van der Waals surface area (Å²) in [6.45, 7) is 1.65. The molecule has 1 aromatic rings. The highest BCUT2D eigenvalue weighted by molar-refractivity contribution is 7.10. The van der Waals surface area contributed by atoms with Gasteiger partial charge in [0.25, 0.3) is 5.78 Å². The van der Waals surface area contributed by atoms with E-state index in [0.717, 1.165) is 11.3 Å². The van der Waals surface area contributed by atoms with Crippen LogP contribution >= 0.6 is 11.3 Å². The molecule has 0 N–H and O–H groups in total. The Morgan fingerprint density at radius 3 is 2.42 bits per heavy atom. The number of Topliss-reactive ketones (excluding diaryl/α,β-unsaturated/α-hetero) is 1. The van der Waals surface area contributed by atoms with Crippen molar-refractivity contribution in [1.29, 1.82) is 0 Å². The van der Waals surface area contributed by atoms with Crippen LogP contribution in [0.1, 0.15) is 15.2 Å². The first-order chi connectivity index (χ1) is 5.41. The van der Waals surface area contributed by atoms with Crippen molar-refractivity contribution in [2.45, 2.75) is 13.1 Å². The van der Waals surface area contributed by atoms with Gasteiger partial charge in [-0.2, -0.15) is 13.2 Å². The third kappa shape index (κ3) is 1.85. The maximum absolute atomic E-state index is 11.8. The summed E-state index contributed by atoms with van der Waals surface area (Å²) in [7, 11) is 0. The predicted molar refractivity (Wildman–Crippen MR) is 39.4 cm³/mol. The average Bonchev–Trinajstić information content (AvgIpc) is 2.32. The molecule has 0 saturated heterocycles. The van der Waals surface area contributed by atoms with Crippen LogP contribution in [0.2, 0.25) is 0 Å². The number of hydrogen-bond acceptors (Lipinski definition) is 2. The Bertz CT molecular complexity index is 300. The summed E-state index contributed by atoms with van der Waals surface area (Å²) in [6.07, 6.45) is -4.76. The lowest BCUT2D eigenvalue weighted by Crippen LogP contribution is -2.21. The number of thiophene rings is 1. The number of rotatable bonds is 1. The third-order valence-electron chi connectivity index (χ3n) is 1.25. The summed E-state index contributed by atoms with van der Waals surface area (Å²) in [6, 6.07) is 1.24. The van der Waals surface area contributed by atoms with E-state index in [9.17, 15) is 18.0 Å². The fourth-order valence-corrected chi connectivity index (χ4v) is 1.41. The molecule has 0 amide bonds. The lowest BCUT2D eigenvalue weighted by Gasteiger charge is -2.01. The van der Waals surface area contributed by atoms with Crippen molar-refractivity contribution in [1.82, 2.24) is 0 Å². The highest BCUT2D eigenvalue weighted by atomic mass is 32.1. The molecule has 0 saturated carbocycles. The molecule has 1 heterocycles. The molecule has 0 radical (unpaired) electrons. The van der Waals surface area contributed by atoms with Crippen LogP contribution < -0.4 is 0 Å². The van der Waals surface area contributed by atoms with Crippen molar-refractivity contribution >= 4 is 17.1 Å². The van der Waals surface area contributed by atoms with Crippen LogP contribution in [0.15, 0.2) is 11.4 Å². The van der Waals surface area contributed by atoms with E-state index in [1.807, 2.05) is 0 Å². The van der Waals surface area contributed by atoms with Crippen molar-refractivity contribution in [3.63, 3.8) is 0 Å². The highest BCUT2D eigenvalue weighted by Crippen LogP contribution is 2.24. The SMILES string of the molecule is Cc1cc(C(=O)C(F)(F)F)cs1. The van der Waals surface area contributed by atoms with Gasteiger partial charge in [-0.25, -0.2) is 0 Å². The minimum atomic E-state index is -4.76. The van der Waals surface area contributed by atoms with Gasteiger partial charge in [-0.15, -0.1) is 11.3 Å². The van der Waals surface area contributed by atoms with Gasteiger partial charge in [-0.1, -0.05) is 0 Å². The standard InChI is InChI=1S/C7H5F3OS/c1-4-2-5(3-12-4)6(11)7(8,9)10/h2-3H,1H3. The Morgan fingerprint density at radius 1 is 1.50 bits per heavy atom. The largest absolute Gasteiger partial charge is 0.454 e. The van der Waals surface area contributed by atoms with Gasteiger partial charge in [0.1, 0.15) is 0 Å². The van der Waals surface area contributed by atoms with Crippen LogP contribution in [0.25, 0.3) is 0 Å². The molecule has 12 heavy (non-hydrogen) atoms. The van der Waals surface area contributed by atoms with E-state index in [-0.39, 0.29) is 5.56 Å². The summed E-state index contributed by atoms with van der Waals surface area (Å²) < 4.78 is 35.4. The summed E-state index contributed by atoms with van der Waals surface area (Å²) in [4.78, 5) is 11.3. The van der Waals surface area contributed by atoms with Gasteiger partial charge in [0, 0.05) is 15.8 Å². The molecule has 0 aromatic carbocycles. The quantitative estimate of drug-likeness (QED) is 0.628. The second-order valence-electron chi connectivity index (χ2n) is 2.27. The van der Waals surface area contributed by atoms with Gasteiger partial charge >= 0.3 is 6.18 Å². The van der Waals surface area contributed by atoms with Crippen molar-refractivity contribution in [3.05, 3.63) is 21.9 Å². The summed E-state index contributed by atoms with van der Waals surface area (Å²) in [5.41, 5.74) is -0.273. The molecule has 0 aliphatic carbocycles. The van der Waals surface area contributed by atoms with Gasteiger partial charge in [-0.3, -0.25) is 4.79 Å². The summed E-state index contributed by atoms with van der Waals surface area (Å²) >= 11 is 1.13. The number of alkyl halides is 3. The van der Waals surface area contributed by atoms with E-state index >= 15 is 0 Å². The minimum Gasteiger partial charge on any atom is -0.284 e. The molecular weight excluding hydrogens is 189 g/mol. The molecule has 1 rings (SSSR count). The molecule has 66 valence electrons. The van der Waals surface area contributed by atoms with E-state index < -0.39 is 12.0 Å². The van der Waals surface area contributed by atoms with Crippen LogP contribution in [-0.4, -0.2) is 12.0 Å². The van der Waals surface area contributed by atoms with E-state index in [2.05, 4.69) is 0 Å². The maximum Gasteiger partial charge on any atom is 0.454 e. The summed E-state index contributed by atoms with van der Waals surface area (Å²) in [5.74, 6) is -1.77. The number of hydrogen-bond donors (Lipinski definition) is 0. The van der Waals surface area contributed by atoms with Gasteiger partial charge in [0.15, 0.2) is 0 Å². The third-order valence-corrected chi connectivity index (χ3v) is 2.11. The van der Waals surface area contributed by atoms with Gasteiger partial charge in [-0.05, 0) is 13.0 Å². The average molecular weight is 194 g/mol. The molecule has 0 unspecified atom stereocenters. The van der Waals surface area contributed by atoms with Gasteiger partial charge in [0.2, 0.25) is 0 Å². The zero-order valence-electron chi connectivity index (χ0n) is 6.11. The summed E-state index contributed by atoms with van der Waals surface area (Å²) in [5, 5.41) is 1.21. The topological polar surface area (TPSA) is 17.1 Å². The highest BCUT2D eigenvalue weighted by Gasteiger charge is 2.39. The van der Waals surface area contributed by atoms with E-state index in [0.29, 0.717) is 4.88 Å². The number of aryl methyl sites for hydroxylation is 1. The minimum absolute atomic E-state index is 0.273. The Morgan fingerprint density at radius 2 is 2.08 bits per heavy atom. The number of carbonyl (C=O) groups excluding carboxylic acids is 1. The normalized spacial score (nSPS) is 11.7. The number of carbonyl (C=O) groups is 1. The first-order valence-corrected chi connectivity index (χ1v) is 3.96. The first kappa shape index (κ1) is 9.25. The number of ketones is 1. The predicted octanol–water partition coefficient (Wildman–Crippen LogP) is 2.80. The Balaban J connectivity index is 2.93. The van der Waals surface area contributed by atoms with E-state index in [1.54, 1.807) is 6.92 Å². The molecule has 1 nitrogen and oxygen atoms in total. The second-order valence-corrected chi connectivity index (χ2v) is 3.39. The van der Waals surface area contributed by atoms with Crippen LogP contribution in [0.4, 0.5) is 13.2 Å². The monoisotopic (exact) mass is 194 g/mol.